The monoisotopic (exact) mass is 246 g/mol. The predicted octanol–water partition coefficient (Wildman–Crippen LogP) is 3.89. The maximum Gasteiger partial charge on any atom is 0.0462 e. The molecule has 18 heavy (non-hydrogen) atoms. The lowest BCUT2D eigenvalue weighted by Gasteiger charge is -2.30. The van der Waals surface area contributed by atoms with Crippen LogP contribution in [0.2, 0.25) is 0 Å². The quantitative estimate of drug-likeness (QED) is 0.590. The van der Waals surface area contributed by atoms with Gasteiger partial charge in [0.1, 0.15) is 0 Å². The van der Waals surface area contributed by atoms with Crippen molar-refractivity contribution < 1.29 is 0 Å². The zero-order valence-corrected chi connectivity index (χ0v) is 11.7. The van der Waals surface area contributed by atoms with E-state index in [1.807, 2.05) is 0 Å². The van der Waals surface area contributed by atoms with Crippen molar-refractivity contribution in [3.05, 3.63) is 35.4 Å². The zero-order valence-electron chi connectivity index (χ0n) is 11.7. The Balaban J connectivity index is 2.13. The summed E-state index contributed by atoms with van der Waals surface area (Å²) in [5, 5.41) is 0. The molecular weight excluding hydrogens is 220 g/mol. The summed E-state index contributed by atoms with van der Waals surface area (Å²) in [6, 6.07) is 9.14. The third-order valence-electron chi connectivity index (χ3n) is 4.15. The Bertz CT molecular complexity index is 369. The molecule has 1 fully saturated rings. The Hall–Kier alpha value is -0.860. The lowest BCUT2D eigenvalue weighted by molar-refractivity contribution is 0.402. The van der Waals surface area contributed by atoms with Crippen LogP contribution in [0.4, 0.5) is 0 Å². The molecule has 2 rings (SSSR count). The van der Waals surface area contributed by atoms with Crippen LogP contribution in [0.1, 0.15) is 69.0 Å². The van der Waals surface area contributed by atoms with Crippen LogP contribution < -0.4 is 11.3 Å². The summed E-state index contributed by atoms with van der Waals surface area (Å²) in [6.45, 7) is 4.54. The van der Waals surface area contributed by atoms with Gasteiger partial charge < -0.3 is 0 Å². The molecule has 0 bridgehead atoms. The molecule has 0 heterocycles. The van der Waals surface area contributed by atoms with E-state index >= 15 is 0 Å². The average molecular weight is 246 g/mol. The largest absolute Gasteiger partial charge is 0.271 e. The Labute approximate surface area is 111 Å². The second-order valence-electron chi connectivity index (χ2n) is 5.95. The molecule has 1 saturated carbocycles. The number of hydrogen-bond donors (Lipinski definition) is 2. The molecule has 1 aliphatic rings. The SMILES string of the molecule is CC(C)CCC(NN)c1ccccc1C1CCC1. The number of benzene rings is 1. The van der Waals surface area contributed by atoms with E-state index < -0.39 is 0 Å². The lowest BCUT2D eigenvalue weighted by atomic mass is 9.76. The van der Waals surface area contributed by atoms with Gasteiger partial charge in [0.2, 0.25) is 0 Å². The van der Waals surface area contributed by atoms with Crippen LogP contribution >= 0.6 is 0 Å². The van der Waals surface area contributed by atoms with Crippen LogP contribution in [0.3, 0.4) is 0 Å². The van der Waals surface area contributed by atoms with Gasteiger partial charge in [0.25, 0.3) is 0 Å². The Morgan fingerprint density at radius 2 is 1.94 bits per heavy atom. The predicted molar refractivity (Wildman–Crippen MR) is 77.2 cm³/mol. The summed E-state index contributed by atoms with van der Waals surface area (Å²) in [4.78, 5) is 0. The number of nitrogens with one attached hydrogen (secondary N) is 1. The van der Waals surface area contributed by atoms with Crippen LogP contribution in [-0.4, -0.2) is 0 Å². The Morgan fingerprint density at radius 1 is 1.22 bits per heavy atom. The van der Waals surface area contributed by atoms with E-state index in [9.17, 15) is 0 Å². The number of hydrogen-bond acceptors (Lipinski definition) is 2. The van der Waals surface area contributed by atoms with Gasteiger partial charge in [0, 0.05) is 6.04 Å². The smallest absolute Gasteiger partial charge is 0.0462 e. The van der Waals surface area contributed by atoms with E-state index in [0.717, 1.165) is 18.3 Å². The van der Waals surface area contributed by atoms with Crippen LogP contribution in [0.25, 0.3) is 0 Å². The van der Waals surface area contributed by atoms with Gasteiger partial charge in [0.15, 0.2) is 0 Å². The van der Waals surface area contributed by atoms with Crippen LogP contribution in [-0.2, 0) is 0 Å². The first-order valence-electron chi connectivity index (χ1n) is 7.27. The highest BCUT2D eigenvalue weighted by molar-refractivity contribution is 5.34. The summed E-state index contributed by atoms with van der Waals surface area (Å²) < 4.78 is 0. The maximum absolute atomic E-state index is 5.77. The second-order valence-corrected chi connectivity index (χ2v) is 5.95. The minimum atomic E-state index is 0.309. The van der Waals surface area contributed by atoms with Gasteiger partial charge in [-0.05, 0) is 48.6 Å². The fraction of sp³-hybridized carbons (Fsp3) is 0.625. The normalized spacial score (nSPS) is 17.8. The molecule has 0 saturated heterocycles. The molecular formula is C16H26N2. The van der Waals surface area contributed by atoms with Gasteiger partial charge in [-0.15, -0.1) is 0 Å². The van der Waals surface area contributed by atoms with Crippen molar-refractivity contribution in [2.75, 3.05) is 0 Å². The molecule has 0 amide bonds. The third kappa shape index (κ3) is 3.12. The van der Waals surface area contributed by atoms with E-state index in [2.05, 4.69) is 43.5 Å². The van der Waals surface area contributed by atoms with Crippen LogP contribution in [0.5, 0.6) is 0 Å². The molecule has 100 valence electrons. The molecule has 3 N–H and O–H groups in total. The summed E-state index contributed by atoms with van der Waals surface area (Å²) in [7, 11) is 0. The minimum absolute atomic E-state index is 0.309. The van der Waals surface area contributed by atoms with Gasteiger partial charge in [-0.1, -0.05) is 44.5 Å². The van der Waals surface area contributed by atoms with Crippen molar-refractivity contribution in [3.63, 3.8) is 0 Å². The average Bonchev–Trinajstić information content (AvgIpc) is 2.29. The molecule has 2 nitrogen and oxygen atoms in total. The number of nitrogens with two attached hydrogens (primary N) is 1. The first kappa shape index (κ1) is 13.6. The first-order chi connectivity index (χ1) is 8.72. The van der Waals surface area contributed by atoms with Crippen molar-refractivity contribution >= 4 is 0 Å². The van der Waals surface area contributed by atoms with E-state index in [4.69, 9.17) is 5.84 Å². The van der Waals surface area contributed by atoms with Crippen molar-refractivity contribution in [1.82, 2.24) is 5.43 Å². The molecule has 0 aromatic heterocycles. The van der Waals surface area contributed by atoms with E-state index in [-0.39, 0.29) is 0 Å². The van der Waals surface area contributed by atoms with E-state index in [1.54, 1.807) is 0 Å². The van der Waals surface area contributed by atoms with Gasteiger partial charge in [-0.3, -0.25) is 11.3 Å². The first-order valence-corrected chi connectivity index (χ1v) is 7.27. The highest BCUT2D eigenvalue weighted by Crippen LogP contribution is 2.40. The molecule has 0 spiro atoms. The molecule has 1 aromatic carbocycles. The number of rotatable bonds is 6. The van der Waals surface area contributed by atoms with E-state index in [0.29, 0.717) is 6.04 Å². The maximum atomic E-state index is 5.77. The Kier molecular flexibility index (Phi) is 4.79. The van der Waals surface area contributed by atoms with Crippen molar-refractivity contribution in [1.29, 1.82) is 0 Å². The summed E-state index contributed by atoms with van der Waals surface area (Å²) in [5.41, 5.74) is 5.96. The fourth-order valence-electron chi connectivity index (χ4n) is 2.75. The molecule has 0 aliphatic heterocycles. The van der Waals surface area contributed by atoms with E-state index in [1.165, 1.54) is 36.8 Å². The van der Waals surface area contributed by atoms with Gasteiger partial charge in [-0.2, -0.15) is 0 Å². The lowest BCUT2D eigenvalue weighted by Crippen LogP contribution is -2.29. The molecule has 1 unspecified atom stereocenters. The third-order valence-corrected chi connectivity index (χ3v) is 4.15. The van der Waals surface area contributed by atoms with Crippen LogP contribution in [0.15, 0.2) is 24.3 Å². The molecule has 1 atom stereocenters. The molecule has 2 heteroatoms. The zero-order chi connectivity index (χ0) is 13.0. The fourth-order valence-corrected chi connectivity index (χ4v) is 2.75. The molecule has 1 aromatic rings. The van der Waals surface area contributed by atoms with Gasteiger partial charge >= 0.3 is 0 Å². The molecule has 1 aliphatic carbocycles. The summed E-state index contributed by atoms with van der Waals surface area (Å²) in [5.74, 6) is 7.28. The summed E-state index contributed by atoms with van der Waals surface area (Å²) >= 11 is 0. The minimum Gasteiger partial charge on any atom is -0.271 e. The highest BCUT2D eigenvalue weighted by atomic mass is 15.2. The second kappa shape index (κ2) is 6.35. The summed E-state index contributed by atoms with van der Waals surface area (Å²) in [6.07, 6.45) is 6.41. The van der Waals surface area contributed by atoms with Crippen molar-refractivity contribution in [3.8, 4) is 0 Å². The van der Waals surface area contributed by atoms with Crippen LogP contribution in [0, 0.1) is 5.92 Å². The topological polar surface area (TPSA) is 38.0 Å². The van der Waals surface area contributed by atoms with Crippen molar-refractivity contribution in [2.24, 2.45) is 11.8 Å². The van der Waals surface area contributed by atoms with Gasteiger partial charge in [0.05, 0.1) is 0 Å². The Morgan fingerprint density at radius 3 is 2.50 bits per heavy atom. The van der Waals surface area contributed by atoms with Gasteiger partial charge in [-0.25, -0.2) is 0 Å². The van der Waals surface area contributed by atoms with Crippen molar-refractivity contribution in [2.45, 2.75) is 57.9 Å². The number of hydrazine groups is 1. The standard InChI is InChI=1S/C16H26N2/c1-12(2)10-11-16(18-17)15-9-4-3-8-14(15)13-6-5-7-13/h3-4,8-9,12-13,16,18H,5-7,10-11,17H2,1-2H3. The highest BCUT2D eigenvalue weighted by Gasteiger charge is 2.24. The molecule has 0 radical (unpaired) electrons.